The minimum atomic E-state index is -1.06. The van der Waals surface area contributed by atoms with Gasteiger partial charge in [-0.3, -0.25) is 19.4 Å². The minimum absolute atomic E-state index is 0.0760. The molecule has 12 heteroatoms. The van der Waals surface area contributed by atoms with E-state index in [0.29, 0.717) is 32.2 Å². The van der Waals surface area contributed by atoms with Gasteiger partial charge in [-0.25, -0.2) is 4.79 Å². The molecule has 0 unspecified atom stereocenters. The van der Waals surface area contributed by atoms with Crippen LogP contribution in [0.1, 0.15) is 59.8 Å². The van der Waals surface area contributed by atoms with Gasteiger partial charge in [0.1, 0.15) is 18.1 Å². The molecule has 1 fully saturated rings. The van der Waals surface area contributed by atoms with Gasteiger partial charge in [-0.15, -0.1) is 0 Å². The summed E-state index contributed by atoms with van der Waals surface area (Å²) >= 11 is 0. The molecular formula is C22H41N7O5. The summed E-state index contributed by atoms with van der Waals surface area (Å²) in [4.78, 5) is 55.8. The van der Waals surface area contributed by atoms with Crippen LogP contribution in [0.15, 0.2) is 4.99 Å². The molecule has 1 saturated heterocycles. The molecule has 1 rings (SSSR count). The number of carboxylic acids is 1. The molecule has 0 bridgehead atoms. The molecule has 1 heterocycles. The number of guanidine groups is 1. The Morgan fingerprint density at radius 1 is 1.12 bits per heavy atom. The van der Waals surface area contributed by atoms with Crippen LogP contribution in [0.5, 0.6) is 0 Å². The summed E-state index contributed by atoms with van der Waals surface area (Å²) < 4.78 is 0. The van der Waals surface area contributed by atoms with Gasteiger partial charge in [0.15, 0.2) is 5.96 Å². The number of rotatable bonds is 13. The Bertz CT molecular complexity index is 754. The van der Waals surface area contributed by atoms with Gasteiger partial charge in [0.25, 0.3) is 0 Å². The molecule has 1 aliphatic heterocycles. The van der Waals surface area contributed by atoms with Crippen molar-refractivity contribution < 1.29 is 24.3 Å². The van der Waals surface area contributed by atoms with Crippen LogP contribution in [0.3, 0.4) is 0 Å². The summed E-state index contributed by atoms with van der Waals surface area (Å²) in [6.07, 6.45) is 2.17. The zero-order chi connectivity index (χ0) is 26.0. The number of carbonyl (C=O) groups excluding carboxylic acids is 3. The zero-order valence-corrected chi connectivity index (χ0v) is 20.6. The standard InChI is InChI=1S/C22H41N7O5/c1-5-13(4)17(20(32)29-11-7-9-15(29)21(33)34)28-18(30)14(8-6-10-26-22(24)25)27-19(31)16(23)12(2)3/h12-17H,5-11,23H2,1-4H3,(H,27,31)(H,28,30)(H,33,34)(H4,24,25,26)/t13-,14-,15-,16-,17-/m0/s1. The predicted octanol–water partition coefficient (Wildman–Crippen LogP) is -0.885. The Balaban J connectivity index is 3.05. The summed E-state index contributed by atoms with van der Waals surface area (Å²) in [6.45, 7) is 7.87. The van der Waals surface area contributed by atoms with Gasteiger partial charge in [-0.1, -0.05) is 34.1 Å². The van der Waals surface area contributed by atoms with E-state index in [2.05, 4.69) is 15.6 Å². The van der Waals surface area contributed by atoms with Gasteiger partial charge < -0.3 is 37.8 Å². The van der Waals surface area contributed by atoms with Gasteiger partial charge in [-0.2, -0.15) is 0 Å². The Morgan fingerprint density at radius 2 is 1.76 bits per heavy atom. The smallest absolute Gasteiger partial charge is 0.326 e. The predicted molar refractivity (Wildman–Crippen MR) is 128 cm³/mol. The summed E-state index contributed by atoms with van der Waals surface area (Å²) in [5, 5.41) is 14.9. The van der Waals surface area contributed by atoms with E-state index in [1.165, 1.54) is 4.90 Å². The number of likely N-dealkylation sites (tertiary alicyclic amines) is 1. The number of carbonyl (C=O) groups is 4. The molecule has 0 spiro atoms. The third kappa shape index (κ3) is 8.47. The van der Waals surface area contributed by atoms with Crippen LogP contribution in [-0.2, 0) is 19.2 Å². The van der Waals surface area contributed by atoms with Gasteiger partial charge in [0.05, 0.1) is 6.04 Å². The molecule has 0 aromatic carbocycles. The first-order valence-corrected chi connectivity index (χ1v) is 11.9. The Hall–Kier alpha value is -2.89. The molecule has 12 nitrogen and oxygen atoms in total. The van der Waals surface area contributed by atoms with Crippen LogP contribution < -0.4 is 27.8 Å². The van der Waals surface area contributed by atoms with Gasteiger partial charge in [0, 0.05) is 13.1 Å². The lowest BCUT2D eigenvalue weighted by atomic mass is 9.96. The zero-order valence-electron chi connectivity index (χ0n) is 20.6. The van der Waals surface area contributed by atoms with Crippen LogP contribution in [0.4, 0.5) is 0 Å². The summed E-state index contributed by atoms with van der Waals surface area (Å²) in [7, 11) is 0. The molecule has 5 atom stereocenters. The highest BCUT2D eigenvalue weighted by Crippen LogP contribution is 2.21. The number of amides is 3. The normalized spacial score (nSPS) is 19.1. The lowest BCUT2D eigenvalue weighted by Crippen LogP contribution is -2.59. The number of aliphatic imine (C=N–C) groups is 1. The highest BCUT2D eigenvalue weighted by Gasteiger charge is 2.40. The average Bonchev–Trinajstić information content (AvgIpc) is 3.27. The van der Waals surface area contributed by atoms with E-state index in [9.17, 15) is 24.3 Å². The largest absolute Gasteiger partial charge is 0.480 e. The second-order valence-corrected chi connectivity index (χ2v) is 9.18. The van der Waals surface area contributed by atoms with Crippen LogP contribution in [0, 0.1) is 11.8 Å². The van der Waals surface area contributed by atoms with Crippen LogP contribution in [0.2, 0.25) is 0 Å². The van der Waals surface area contributed by atoms with E-state index in [0.717, 1.165) is 0 Å². The molecule has 0 aromatic heterocycles. The maximum atomic E-state index is 13.3. The molecule has 0 aliphatic carbocycles. The number of carboxylic acid groups (broad SMARTS) is 1. The van der Waals surface area contributed by atoms with Crippen molar-refractivity contribution in [3.8, 4) is 0 Å². The number of hydrogen-bond acceptors (Lipinski definition) is 6. The van der Waals surface area contributed by atoms with E-state index in [4.69, 9.17) is 17.2 Å². The van der Waals surface area contributed by atoms with E-state index < -0.39 is 47.9 Å². The molecule has 0 aromatic rings. The molecular weight excluding hydrogens is 442 g/mol. The Morgan fingerprint density at radius 3 is 2.29 bits per heavy atom. The van der Waals surface area contributed by atoms with Crippen LogP contribution in [0.25, 0.3) is 0 Å². The molecule has 3 amide bonds. The lowest BCUT2D eigenvalue weighted by Gasteiger charge is -2.31. The van der Waals surface area contributed by atoms with E-state index in [-0.39, 0.29) is 30.8 Å². The number of nitrogens with zero attached hydrogens (tertiary/aromatic N) is 2. The molecule has 0 saturated carbocycles. The van der Waals surface area contributed by atoms with E-state index in [1.54, 1.807) is 13.8 Å². The number of hydrogen-bond donors (Lipinski definition) is 6. The van der Waals surface area contributed by atoms with E-state index >= 15 is 0 Å². The summed E-state index contributed by atoms with van der Waals surface area (Å²) in [5.74, 6) is -2.98. The highest BCUT2D eigenvalue weighted by atomic mass is 16.4. The van der Waals surface area contributed by atoms with Crippen molar-refractivity contribution >= 4 is 29.7 Å². The quantitative estimate of drug-likeness (QED) is 0.110. The maximum absolute atomic E-state index is 13.3. The SMILES string of the molecule is CC[C@H](C)[C@H](NC(=O)[C@H](CCCN=C(N)N)NC(=O)[C@@H](N)C(C)C)C(=O)N1CCC[C@H]1C(=O)O. The van der Waals surface area contributed by atoms with Crippen molar-refractivity contribution in [2.24, 2.45) is 34.0 Å². The van der Waals surface area contributed by atoms with Crippen molar-refractivity contribution in [1.29, 1.82) is 0 Å². The summed E-state index contributed by atoms with van der Waals surface area (Å²) in [6, 6.07) is -3.59. The Labute approximate surface area is 201 Å². The third-order valence-corrected chi connectivity index (χ3v) is 6.20. The van der Waals surface area contributed by atoms with Crippen molar-refractivity contribution in [3.05, 3.63) is 0 Å². The fraction of sp³-hybridized carbons (Fsp3) is 0.773. The molecule has 1 aliphatic rings. The van der Waals surface area contributed by atoms with Crippen molar-refractivity contribution in [3.63, 3.8) is 0 Å². The first-order valence-electron chi connectivity index (χ1n) is 11.9. The second kappa shape index (κ2) is 13.7. The topological polar surface area (TPSA) is 206 Å². The number of nitrogens with one attached hydrogen (secondary N) is 2. The average molecular weight is 484 g/mol. The molecule has 34 heavy (non-hydrogen) atoms. The van der Waals surface area contributed by atoms with Crippen molar-refractivity contribution in [2.75, 3.05) is 13.1 Å². The minimum Gasteiger partial charge on any atom is -0.480 e. The van der Waals surface area contributed by atoms with Gasteiger partial charge in [0.2, 0.25) is 17.7 Å². The lowest BCUT2D eigenvalue weighted by molar-refractivity contribution is -0.150. The second-order valence-electron chi connectivity index (χ2n) is 9.18. The molecule has 9 N–H and O–H groups in total. The van der Waals surface area contributed by atoms with Crippen LogP contribution >= 0.6 is 0 Å². The highest BCUT2D eigenvalue weighted by molar-refractivity contribution is 5.94. The fourth-order valence-electron chi connectivity index (χ4n) is 3.75. The van der Waals surface area contributed by atoms with Crippen LogP contribution in [-0.4, -0.2) is 76.9 Å². The van der Waals surface area contributed by atoms with E-state index in [1.807, 2.05) is 13.8 Å². The van der Waals surface area contributed by atoms with Gasteiger partial charge >= 0.3 is 5.97 Å². The number of nitrogens with two attached hydrogens (primary N) is 3. The number of aliphatic carboxylic acids is 1. The maximum Gasteiger partial charge on any atom is 0.326 e. The first kappa shape index (κ1) is 29.1. The third-order valence-electron chi connectivity index (χ3n) is 6.20. The van der Waals surface area contributed by atoms with Crippen molar-refractivity contribution in [1.82, 2.24) is 15.5 Å². The van der Waals surface area contributed by atoms with Crippen molar-refractivity contribution in [2.45, 2.75) is 84.0 Å². The Kier molecular flexibility index (Phi) is 11.8. The molecule has 0 radical (unpaired) electrons. The summed E-state index contributed by atoms with van der Waals surface area (Å²) in [5.41, 5.74) is 16.6. The molecule has 194 valence electrons. The first-order chi connectivity index (χ1) is 15.9. The van der Waals surface area contributed by atoms with Gasteiger partial charge in [-0.05, 0) is 37.5 Å². The monoisotopic (exact) mass is 483 g/mol. The fourth-order valence-corrected chi connectivity index (χ4v) is 3.75.